The van der Waals surface area contributed by atoms with E-state index in [0.717, 1.165) is 38.5 Å². The van der Waals surface area contributed by atoms with Crippen LogP contribution in [0, 0.1) is 28.6 Å². The Morgan fingerprint density at radius 1 is 1.17 bits per heavy atom. The number of hydrogen-bond donors (Lipinski definition) is 3. The van der Waals surface area contributed by atoms with Crippen molar-refractivity contribution in [2.24, 2.45) is 28.6 Å². The summed E-state index contributed by atoms with van der Waals surface area (Å²) in [4.78, 5) is 35.7. The van der Waals surface area contributed by atoms with Gasteiger partial charge in [0.15, 0.2) is 0 Å². The molecular weight excluding hydrogens is 380 g/mol. The van der Waals surface area contributed by atoms with Crippen molar-refractivity contribution in [3.05, 3.63) is 23.3 Å². The Balaban J connectivity index is 1.75. The van der Waals surface area contributed by atoms with Crippen LogP contribution in [0.25, 0.3) is 0 Å². The van der Waals surface area contributed by atoms with Crippen molar-refractivity contribution >= 4 is 17.8 Å². The van der Waals surface area contributed by atoms with E-state index in [4.69, 9.17) is 5.11 Å². The molecule has 6 heteroatoms. The van der Waals surface area contributed by atoms with Crippen LogP contribution in [-0.4, -0.2) is 36.0 Å². The maximum absolute atomic E-state index is 13.2. The van der Waals surface area contributed by atoms with Gasteiger partial charge in [0.05, 0.1) is 12.0 Å². The molecule has 0 aromatic heterocycles. The summed E-state index contributed by atoms with van der Waals surface area (Å²) < 4.78 is 0. The van der Waals surface area contributed by atoms with Crippen LogP contribution in [0.3, 0.4) is 0 Å². The van der Waals surface area contributed by atoms with Crippen molar-refractivity contribution in [1.29, 1.82) is 0 Å². The van der Waals surface area contributed by atoms with Gasteiger partial charge in [-0.25, -0.2) is 0 Å². The molecular formula is C24H36N2O4. The van der Waals surface area contributed by atoms with Crippen molar-refractivity contribution in [3.63, 3.8) is 0 Å². The first-order valence-corrected chi connectivity index (χ1v) is 11.2. The van der Waals surface area contributed by atoms with Gasteiger partial charge in [0.2, 0.25) is 11.8 Å². The zero-order valence-corrected chi connectivity index (χ0v) is 18.7. The van der Waals surface area contributed by atoms with Gasteiger partial charge in [-0.05, 0) is 60.8 Å². The van der Waals surface area contributed by atoms with Crippen molar-refractivity contribution < 1.29 is 19.5 Å². The molecule has 0 spiro atoms. The molecule has 6 nitrogen and oxygen atoms in total. The van der Waals surface area contributed by atoms with Crippen LogP contribution in [0.2, 0.25) is 0 Å². The van der Waals surface area contributed by atoms with Crippen LogP contribution in [0.4, 0.5) is 0 Å². The Morgan fingerprint density at radius 3 is 2.57 bits per heavy atom. The Hall–Kier alpha value is -2.11. The average molecular weight is 417 g/mol. The van der Waals surface area contributed by atoms with E-state index in [1.54, 1.807) is 0 Å². The third kappa shape index (κ3) is 4.19. The quantitative estimate of drug-likeness (QED) is 0.618. The van der Waals surface area contributed by atoms with Crippen LogP contribution >= 0.6 is 0 Å². The van der Waals surface area contributed by atoms with E-state index >= 15 is 0 Å². The van der Waals surface area contributed by atoms with Crippen LogP contribution in [0.15, 0.2) is 23.3 Å². The molecule has 0 saturated heterocycles. The summed E-state index contributed by atoms with van der Waals surface area (Å²) in [7, 11) is 0. The molecule has 0 radical (unpaired) electrons. The lowest BCUT2D eigenvalue weighted by atomic mass is 9.46. The molecule has 3 rings (SSSR count). The molecule has 2 amide bonds. The number of carbonyl (C=O) groups is 3. The molecule has 0 bridgehead atoms. The van der Waals surface area contributed by atoms with Crippen LogP contribution in [0.1, 0.15) is 66.2 Å². The third-order valence-electron chi connectivity index (χ3n) is 7.94. The Morgan fingerprint density at radius 2 is 1.90 bits per heavy atom. The number of carboxylic acids is 1. The van der Waals surface area contributed by atoms with Gasteiger partial charge in [-0.3, -0.25) is 14.4 Å². The molecule has 1 fully saturated rings. The number of fused-ring (bicyclic) bond motifs is 3. The maximum atomic E-state index is 13.2. The lowest BCUT2D eigenvalue weighted by Gasteiger charge is -2.57. The summed E-state index contributed by atoms with van der Waals surface area (Å²) in [6, 6.07) is 0. The summed E-state index contributed by atoms with van der Waals surface area (Å²) >= 11 is 0. The van der Waals surface area contributed by atoms with Gasteiger partial charge in [0, 0.05) is 0 Å². The SMILES string of the molecule is CC(C)C1=CC2=CCC3[C@](C)(CCC[C@@]3(C)C(=O)NCC(=O)NCC(=O)O)C2CC1. The summed E-state index contributed by atoms with van der Waals surface area (Å²) in [5.41, 5.74) is 2.55. The zero-order valence-electron chi connectivity index (χ0n) is 18.7. The second-order valence-corrected chi connectivity index (χ2v) is 10.1. The van der Waals surface area contributed by atoms with Crippen LogP contribution in [-0.2, 0) is 14.4 Å². The Labute approximate surface area is 179 Å². The molecule has 0 aromatic carbocycles. The Kier molecular flexibility index (Phi) is 6.44. The predicted octanol–water partition coefficient (Wildman–Crippen LogP) is 3.44. The summed E-state index contributed by atoms with van der Waals surface area (Å²) in [6.45, 7) is 8.32. The number of allylic oxidation sites excluding steroid dienone is 4. The highest BCUT2D eigenvalue weighted by molar-refractivity contribution is 5.89. The molecule has 0 aliphatic heterocycles. The van der Waals surface area contributed by atoms with Gasteiger partial charge in [0.1, 0.15) is 6.54 Å². The average Bonchev–Trinajstić information content (AvgIpc) is 2.69. The fourth-order valence-corrected chi connectivity index (χ4v) is 6.22. The maximum Gasteiger partial charge on any atom is 0.322 e. The lowest BCUT2D eigenvalue weighted by molar-refractivity contribution is -0.145. The molecule has 30 heavy (non-hydrogen) atoms. The first-order chi connectivity index (χ1) is 14.1. The number of rotatable bonds is 6. The number of nitrogens with one attached hydrogen (secondary N) is 2. The normalized spacial score (nSPS) is 33.0. The summed E-state index contributed by atoms with van der Waals surface area (Å²) in [6.07, 6.45) is 10.9. The molecule has 0 aromatic rings. The highest BCUT2D eigenvalue weighted by atomic mass is 16.4. The van der Waals surface area contributed by atoms with Crippen molar-refractivity contribution in [2.45, 2.75) is 66.2 Å². The molecule has 2 unspecified atom stereocenters. The molecule has 4 atom stereocenters. The van der Waals surface area contributed by atoms with E-state index in [9.17, 15) is 14.4 Å². The van der Waals surface area contributed by atoms with E-state index in [2.05, 4.69) is 50.5 Å². The summed E-state index contributed by atoms with van der Waals surface area (Å²) in [5, 5.41) is 13.8. The minimum absolute atomic E-state index is 0.0823. The number of aliphatic carboxylic acids is 1. The fourth-order valence-electron chi connectivity index (χ4n) is 6.22. The minimum atomic E-state index is -1.10. The highest BCUT2D eigenvalue weighted by Gasteiger charge is 2.56. The van der Waals surface area contributed by atoms with E-state index < -0.39 is 23.8 Å². The highest BCUT2D eigenvalue weighted by Crippen LogP contribution is 2.62. The first-order valence-electron chi connectivity index (χ1n) is 11.2. The number of carbonyl (C=O) groups excluding carboxylic acids is 2. The first kappa shape index (κ1) is 22.6. The molecule has 3 N–H and O–H groups in total. The third-order valence-corrected chi connectivity index (χ3v) is 7.94. The van der Waals surface area contributed by atoms with E-state index in [1.807, 2.05) is 0 Å². The molecule has 166 valence electrons. The molecule has 3 aliphatic carbocycles. The largest absolute Gasteiger partial charge is 0.480 e. The van der Waals surface area contributed by atoms with Gasteiger partial charge in [-0.15, -0.1) is 0 Å². The van der Waals surface area contributed by atoms with Crippen LogP contribution in [0.5, 0.6) is 0 Å². The van der Waals surface area contributed by atoms with Gasteiger partial charge in [-0.2, -0.15) is 0 Å². The Bertz CT molecular complexity index is 784. The van der Waals surface area contributed by atoms with Gasteiger partial charge in [0.25, 0.3) is 0 Å². The lowest BCUT2D eigenvalue weighted by Crippen LogP contribution is -2.56. The second kappa shape index (κ2) is 8.56. The molecule has 1 saturated carbocycles. The van der Waals surface area contributed by atoms with E-state index in [1.165, 1.54) is 11.1 Å². The van der Waals surface area contributed by atoms with Crippen molar-refractivity contribution in [3.8, 4) is 0 Å². The number of carboxylic acid groups (broad SMARTS) is 1. The van der Waals surface area contributed by atoms with Gasteiger partial charge in [-0.1, -0.05) is 51.8 Å². The zero-order chi connectivity index (χ0) is 22.1. The summed E-state index contributed by atoms with van der Waals surface area (Å²) in [5.74, 6) is -0.357. The second-order valence-electron chi connectivity index (χ2n) is 10.1. The smallest absolute Gasteiger partial charge is 0.322 e. The predicted molar refractivity (Wildman–Crippen MR) is 116 cm³/mol. The van der Waals surface area contributed by atoms with Gasteiger partial charge >= 0.3 is 5.97 Å². The van der Waals surface area contributed by atoms with Gasteiger partial charge < -0.3 is 15.7 Å². The van der Waals surface area contributed by atoms with E-state index in [-0.39, 0.29) is 23.8 Å². The van der Waals surface area contributed by atoms with Crippen molar-refractivity contribution in [2.75, 3.05) is 13.1 Å². The molecule has 3 aliphatic rings. The number of hydrogen-bond acceptors (Lipinski definition) is 3. The monoisotopic (exact) mass is 416 g/mol. The number of amides is 2. The van der Waals surface area contributed by atoms with Crippen molar-refractivity contribution in [1.82, 2.24) is 10.6 Å². The standard InChI is InChI=1S/C24H36N2O4/c1-15(2)16-6-8-18-17(12-16)7-9-19-23(18,3)10-5-11-24(19,4)22(30)26-13-20(27)25-14-21(28)29/h7,12,15,18-19H,5-6,8-11,13-14H2,1-4H3,(H,25,27)(H,26,30)(H,28,29)/t18?,19?,23-,24-/m1/s1. The van der Waals surface area contributed by atoms with E-state index in [0.29, 0.717) is 11.8 Å². The molecule has 0 heterocycles. The minimum Gasteiger partial charge on any atom is -0.480 e. The topological polar surface area (TPSA) is 95.5 Å². The van der Waals surface area contributed by atoms with Crippen LogP contribution < -0.4 is 10.6 Å². The fraction of sp³-hybridized carbons (Fsp3) is 0.708.